The van der Waals surface area contributed by atoms with Crippen molar-refractivity contribution in [2.75, 3.05) is 10.6 Å². The predicted octanol–water partition coefficient (Wildman–Crippen LogP) is 4.59. The van der Waals surface area contributed by atoms with E-state index >= 15 is 0 Å². The maximum Gasteiger partial charge on any atom is 0.227 e. The van der Waals surface area contributed by atoms with E-state index in [1.807, 2.05) is 26.8 Å². The molecule has 2 heterocycles. The standard InChI is InChI=1S/C19H20FN5O/c1-12(2)26-15-4-5-18(16(20)8-15)25-19-22-10-14(11-23-19)24-17-6-7-21-9-13(17)3/h4-12H,1-3H3,(H,21,24)(H,22,23,25). The van der Waals surface area contributed by atoms with Gasteiger partial charge < -0.3 is 15.4 Å². The predicted molar refractivity (Wildman–Crippen MR) is 99.7 cm³/mol. The monoisotopic (exact) mass is 353 g/mol. The molecule has 0 fully saturated rings. The Morgan fingerprint density at radius 2 is 1.77 bits per heavy atom. The summed E-state index contributed by atoms with van der Waals surface area (Å²) in [6.45, 7) is 5.74. The number of nitrogens with one attached hydrogen (secondary N) is 2. The van der Waals surface area contributed by atoms with Crippen molar-refractivity contribution in [1.82, 2.24) is 15.0 Å². The first kappa shape index (κ1) is 17.6. The van der Waals surface area contributed by atoms with Crippen molar-refractivity contribution in [2.24, 2.45) is 0 Å². The lowest BCUT2D eigenvalue weighted by Gasteiger charge is -2.12. The molecule has 0 saturated carbocycles. The Kier molecular flexibility index (Phi) is 5.26. The number of hydrogen-bond donors (Lipinski definition) is 2. The van der Waals surface area contributed by atoms with E-state index in [0.717, 1.165) is 16.9 Å². The lowest BCUT2D eigenvalue weighted by Crippen LogP contribution is -2.06. The van der Waals surface area contributed by atoms with E-state index in [1.165, 1.54) is 6.07 Å². The van der Waals surface area contributed by atoms with E-state index in [1.54, 1.807) is 36.9 Å². The highest BCUT2D eigenvalue weighted by molar-refractivity contribution is 5.62. The molecule has 7 heteroatoms. The number of pyridine rings is 1. The van der Waals surface area contributed by atoms with E-state index in [-0.39, 0.29) is 11.8 Å². The summed E-state index contributed by atoms with van der Waals surface area (Å²) in [6, 6.07) is 6.51. The van der Waals surface area contributed by atoms with Crippen LogP contribution in [0.5, 0.6) is 5.75 Å². The molecule has 0 amide bonds. The molecule has 26 heavy (non-hydrogen) atoms. The van der Waals surface area contributed by atoms with Crippen LogP contribution in [0, 0.1) is 12.7 Å². The zero-order chi connectivity index (χ0) is 18.5. The van der Waals surface area contributed by atoms with Crippen molar-refractivity contribution >= 4 is 23.0 Å². The fourth-order valence-electron chi connectivity index (χ4n) is 2.29. The minimum absolute atomic E-state index is 0.0133. The van der Waals surface area contributed by atoms with Crippen LogP contribution in [0.15, 0.2) is 49.1 Å². The van der Waals surface area contributed by atoms with Gasteiger partial charge in [0.2, 0.25) is 5.95 Å². The highest BCUT2D eigenvalue weighted by Gasteiger charge is 2.08. The smallest absolute Gasteiger partial charge is 0.227 e. The maximum atomic E-state index is 14.2. The first-order valence-electron chi connectivity index (χ1n) is 8.24. The molecule has 0 spiro atoms. The van der Waals surface area contributed by atoms with E-state index in [0.29, 0.717) is 11.7 Å². The van der Waals surface area contributed by atoms with Gasteiger partial charge in [-0.2, -0.15) is 0 Å². The number of benzene rings is 1. The van der Waals surface area contributed by atoms with Crippen LogP contribution < -0.4 is 15.4 Å². The summed E-state index contributed by atoms with van der Waals surface area (Å²) in [6.07, 6.45) is 6.73. The largest absolute Gasteiger partial charge is 0.491 e. The Morgan fingerprint density at radius 3 is 2.42 bits per heavy atom. The van der Waals surface area contributed by atoms with Gasteiger partial charge in [0, 0.05) is 24.1 Å². The van der Waals surface area contributed by atoms with Gasteiger partial charge in [0.05, 0.1) is 29.9 Å². The van der Waals surface area contributed by atoms with E-state index < -0.39 is 5.82 Å². The van der Waals surface area contributed by atoms with Gasteiger partial charge in [-0.15, -0.1) is 0 Å². The van der Waals surface area contributed by atoms with Crippen LogP contribution in [-0.2, 0) is 0 Å². The van der Waals surface area contributed by atoms with Crippen molar-refractivity contribution in [3.63, 3.8) is 0 Å². The molecule has 3 aromatic rings. The summed E-state index contributed by atoms with van der Waals surface area (Å²) in [4.78, 5) is 12.5. The quantitative estimate of drug-likeness (QED) is 0.675. The zero-order valence-corrected chi connectivity index (χ0v) is 14.8. The molecule has 2 N–H and O–H groups in total. The number of ether oxygens (including phenoxy) is 1. The third kappa shape index (κ3) is 4.44. The number of halogens is 1. The number of rotatable bonds is 6. The number of aryl methyl sites for hydroxylation is 1. The van der Waals surface area contributed by atoms with Crippen LogP contribution in [0.1, 0.15) is 19.4 Å². The lowest BCUT2D eigenvalue weighted by atomic mass is 10.2. The summed E-state index contributed by atoms with van der Waals surface area (Å²) >= 11 is 0. The molecule has 6 nitrogen and oxygen atoms in total. The summed E-state index contributed by atoms with van der Waals surface area (Å²) in [5, 5.41) is 6.08. The average Bonchev–Trinajstić information content (AvgIpc) is 2.60. The van der Waals surface area contributed by atoms with Crippen LogP contribution in [-0.4, -0.2) is 21.1 Å². The molecular weight excluding hydrogens is 333 g/mol. The third-order valence-electron chi connectivity index (χ3n) is 3.51. The van der Waals surface area contributed by atoms with E-state index in [2.05, 4.69) is 25.6 Å². The van der Waals surface area contributed by atoms with Crippen molar-refractivity contribution < 1.29 is 9.13 Å². The Hall–Kier alpha value is -3.22. The molecule has 0 bridgehead atoms. The van der Waals surface area contributed by atoms with Crippen LogP contribution in [0.3, 0.4) is 0 Å². The summed E-state index contributed by atoms with van der Waals surface area (Å²) in [5.74, 6) is 0.357. The van der Waals surface area contributed by atoms with Crippen molar-refractivity contribution in [1.29, 1.82) is 0 Å². The number of hydrogen-bond acceptors (Lipinski definition) is 6. The van der Waals surface area contributed by atoms with Gasteiger partial charge >= 0.3 is 0 Å². The molecule has 3 rings (SSSR count). The molecule has 0 aliphatic carbocycles. The lowest BCUT2D eigenvalue weighted by molar-refractivity contribution is 0.241. The van der Waals surface area contributed by atoms with Crippen LogP contribution in [0.4, 0.5) is 27.4 Å². The minimum Gasteiger partial charge on any atom is -0.491 e. The Bertz CT molecular complexity index is 883. The highest BCUT2D eigenvalue weighted by Crippen LogP contribution is 2.24. The van der Waals surface area contributed by atoms with Gasteiger partial charge in [-0.1, -0.05) is 0 Å². The number of anilines is 4. The molecule has 0 saturated heterocycles. The summed E-state index contributed by atoms with van der Waals surface area (Å²) < 4.78 is 19.7. The van der Waals surface area contributed by atoms with Crippen LogP contribution in [0.25, 0.3) is 0 Å². The Labute approximate surface area is 151 Å². The molecule has 134 valence electrons. The normalized spacial score (nSPS) is 10.7. The first-order chi connectivity index (χ1) is 12.5. The van der Waals surface area contributed by atoms with Crippen LogP contribution in [0.2, 0.25) is 0 Å². The Morgan fingerprint density at radius 1 is 1.00 bits per heavy atom. The van der Waals surface area contributed by atoms with Gasteiger partial charge in [0.15, 0.2) is 0 Å². The SMILES string of the molecule is Cc1cnccc1Nc1cnc(Nc2ccc(OC(C)C)cc2F)nc1. The maximum absolute atomic E-state index is 14.2. The number of aromatic nitrogens is 3. The second-order valence-corrected chi connectivity index (χ2v) is 6.04. The van der Waals surface area contributed by atoms with Gasteiger partial charge in [-0.25, -0.2) is 14.4 Å². The topological polar surface area (TPSA) is 72.0 Å². The fraction of sp³-hybridized carbons (Fsp3) is 0.211. The van der Waals surface area contributed by atoms with Gasteiger partial charge in [-0.3, -0.25) is 4.98 Å². The second-order valence-electron chi connectivity index (χ2n) is 6.04. The fourth-order valence-corrected chi connectivity index (χ4v) is 2.29. The molecule has 0 radical (unpaired) electrons. The molecule has 0 aliphatic heterocycles. The Balaban J connectivity index is 1.68. The van der Waals surface area contributed by atoms with E-state index in [4.69, 9.17) is 4.74 Å². The molecular formula is C19H20FN5O. The minimum atomic E-state index is -0.429. The molecule has 2 aromatic heterocycles. The van der Waals surface area contributed by atoms with Crippen molar-refractivity contribution in [2.45, 2.75) is 26.9 Å². The second kappa shape index (κ2) is 7.77. The molecule has 0 aliphatic rings. The van der Waals surface area contributed by atoms with Gasteiger partial charge in [0.1, 0.15) is 11.6 Å². The highest BCUT2D eigenvalue weighted by atomic mass is 19.1. The first-order valence-corrected chi connectivity index (χ1v) is 8.24. The summed E-state index contributed by atoms with van der Waals surface area (Å²) in [7, 11) is 0. The van der Waals surface area contributed by atoms with Crippen molar-refractivity contribution in [3.05, 3.63) is 60.4 Å². The van der Waals surface area contributed by atoms with Gasteiger partial charge in [0.25, 0.3) is 0 Å². The van der Waals surface area contributed by atoms with Crippen molar-refractivity contribution in [3.8, 4) is 5.75 Å². The molecule has 0 atom stereocenters. The van der Waals surface area contributed by atoms with Gasteiger partial charge in [-0.05, 0) is 44.5 Å². The third-order valence-corrected chi connectivity index (χ3v) is 3.51. The number of nitrogens with zero attached hydrogens (tertiary/aromatic N) is 3. The zero-order valence-electron chi connectivity index (χ0n) is 14.8. The molecule has 0 unspecified atom stereocenters. The van der Waals surface area contributed by atoms with E-state index in [9.17, 15) is 4.39 Å². The summed E-state index contributed by atoms with van der Waals surface area (Å²) in [5.41, 5.74) is 2.95. The average molecular weight is 353 g/mol. The molecule has 1 aromatic carbocycles. The van der Waals surface area contributed by atoms with Crippen LogP contribution >= 0.6 is 0 Å².